The minimum Gasteiger partial charge on any atom is -0.330 e. The number of aromatic nitrogens is 2. The molecule has 5 nitrogen and oxygen atoms in total. The lowest BCUT2D eigenvalue weighted by Crippen LogP contribution is -2.10. The van der Waals surface area contributed by atoms with Gasteiger partial charge < -0.3 is 11.1 Å². The van der Waals surface area contributed by atoms with Gasteiger partial charge in [0.2, 0.25) is 5.91 Å². The highest BCUT2D eigenvalue weighted by Crippen LogP contribution is 2.06. The third-order valence-electron chi connectivity index (χ3n) is 2.14. The molecule has 0 spiro atoms. The van der Waals surface area contributed by atoms with E-state index in [1.807, 2.05) is 0 Å². The molecule has 0 unspecified atom stereocenters. The molecule has 1 aromatic heterocycles. The number of carbonyl (C=O) groups is 1. The van der Waals surface area contributed by atoms with Gasteiger partial charge in [-0.2, -0.15) is 5.10 Å². The van der Waals surface area contributed by atoms with Gasteiger partial charge in [0.1, 0.15) is 0 Å². The van der Waals surface area contributed by atoms with E-state index in [2.05, 4.69) is 15.5 Å². The molecule has 0 atom stereocenters. The molecule has 0 aliphatic carbocycles. The fourth-order valence-corrected chi connectivity index (χ4v) is 1.33. The highest BCUT2D eigenvalue weighted by atomic mass is 16.1. The zero-order valence-electron chi connectivity index (χ0n) is 8.83. The van der Waals surface area contributed by atoms with E-state index in [1.54, 1.807) is 12.4 Å². The van der Waals surface area contributed by atoms with Gasteiger partial charge in [0.05, 0.1) is 11.9 Å². The fraction of sp³-hybridized carbons (Fsp3) is 0.600. The predicted octanol–water partition coefficient (Wildman–Crippen LogP) is 1.26. The summed E-state index contributed by atoms with van der Waals surface area (Å²) in [5, 5.41) is 9.14. The van der Waals surface area contributed by atoms with E-state index < -0.39 is 0 Å². The number of aromatic amines is 1. The number of rotatable bonds is 7. The molecule has 0 aromatic carbocycles. The molecule has 1 amide bonds. The predicted molar refractivity (Wildman–Crippen MR) is 59.4 cm³/mol. The topological polar surface area (TPSA) is 83.8 Å². The van der Waals surface area contributed by atoms with Crippen LogP contribution < -0.4 is 11.1 Å². The summed E-state index contributed by atoms with van der Waals surface area (Å²) in [7, 11) is 0. The molecule has 1 heterocycles. The van der Waals surface area contributed by atoms with E-state index in [0.717, 1.165) is 37.9 Å². The molecule has 1 rings (SSSR count). The second kappa shape index (κ2) is 7.00. The van der Waals surface area contributed by atoms with Crippen LogP contribution in [0.2, 0.25) is 0 Å². The summed E-state index contributed by atoms with van der Waals surface area (Å²) in [5.41, 5.74) is 6.10. The molecule has 84 valence electrons. The van der Waals surface area contributed by atoms with Gasteiger partial charge in [-0.05, 0) is 19.4 Å². The second-order valence-electron chi connectivity index (χ2n) is 3.49. The number of amides is 1. The summed E-state index contributed by atoms with van der Waals surface area (Å²) >= 11 is 0. The monoisotopic (exact) mass is 210 g/mol. The van der Waals surface area contributed by atoms with Gasteiger partial charge in [0, 0.05) is 12.6 Å². The molecular formula is C10H18N4O. The van der Waals surface area contributed by atoms with Gasteiger partial charge in [-0.1, -0.05) is 12.8 Å². The van der Waals surface area contributed by atoms with E-state index in [-0.39, 0.29) is 5.91 Å². The van der Waals surface area contributed by atoms with E-state index in [4.69, 9.17) is 5.73 Å². The van der Waals surface area contributed by atoms with Crippen LogP contribution in [0.1, 0.15) is 32.1 Å². The van der Waals surface area contributed by atoms with Crippen molar-refractivity contribution in [1.82, 2.24) is 10.2 Å². The van der Waals surface area contributed by atoms with Crippen molar-refractivity contribution in [3.8, 4) is 0 Å². The highest BCUT2D eigenvalue weighted by Gasteiger charge is 2.02. The molecule has 0 aliphatic heterocycles. The number of nitrogens with two attached hydrogens (primary N) is 1. The SMILES string of the molecule is NCCCCCCC(=O)Nc1cn[nH]c1. The van der Waals surface area contributed by atoms with Gasteiger partial charge in [-0.15, -0.1) is 0 Å². The van der Waals surface area contributed by atoms with Crippen molar-refractivity contribution in [1.29, 1.82) is 0 Å². The van der Waals surface area contributed by atoms with Gasteiger partial charge in [0.15, 0.2) is 0 Å². The second-order valence-corrected chi connectivity index (χ2v) is 3.49. The van der Waals surface area contributed by atoms with Crippen LogP contribution in [0.5, 0.6) is 0 Å². The minimum absolute atomic E-state index is 0.0455. The molecule has 0 saturated heterocycles. The maximum Gasteiger partial charge on any atom is 0.224 e. The standard InChI is InChI=1S/C10H18N4O/c11-6-4-2-1-3-5-10(15)14-9-7-12-13-8-9/h7-8H,1-6,11H2,(H,12,13)(H,14,15). The first-order valence-corrected chi connectivity index (χ1v) is 5.31. The first-order valence-electron chi connectivity index (χ1n) is 5.31. The quantitative estimate of drug-likeness (QED) is 0.592. The molecule has 0 saturated carbocycles. The average Bonchev–Trinajstić information content (AvgIpc) is 2.70. The Morgan fingerprint density at radius 3 is 2.87 bits per heavy atom. The zero-order chi connectivity index (χ0) is 10.9. The summed E-state index contributed by atoms with van der Waals surface area (Å²) < 4.78 is 0. The van der Waals surface area contributed by atoms with Crippen LogP contribution in [-0.4, -0.2) is 22.6 Å². The Hall–Kier alpha value is -1.36. The van der Waals surface area contributed by atoms with Crippen molar-refractivity contribution in [2.24, 2.45) is 5.73 Å². The lowest BCUT2D eigenvalue weighted by Gasteiger charge is -2.01. The first-order chi connectivity index (χ1) is 7.33. The Labute approximate surface area is 89.4 Å². The number of hydrogen-bond donors (Lipinski definition) is 3. The summed E-state index contributed by atoms with van der Waals surface area (Å²) in [6.45, 7) is 0.737. The molecule has 5 heteroatoms. The Morgan fingerprint density at radius 1 is 1.40 bits per heavy atom. The molecule has 15 heavy (non-hydrogen) atoms. The van der Waals surface area contributed by atoms with Crippen molar-refractivity contribution in [3.05, 3.63) is 12.4 Å². The Balaban J connectivity index is 2.04. The molecule has 0 radical (unpaired) electrons. The van der Waals surface area contributed by atoms with Crippen molar-refractivity contribution in [3.63, 3.8) is 0 Å². The summed E-state index contributed by atoms with van der Waals surface area (Å²) in [6.07, 6.45) is 7.95. The number of carbonyl (C=O) groups excluding carboxylic acids is 1. The maximum absolute atomic E-state index is 11.4. The third-order valence-corrected chi connectivity index (χ3v) is 2.14. The summed E-state index contributed by atoms with van der Waals surface area (Å²) in [4.78, 5) is 11.4. The minimum atomic E-state index is 0.0455. The molecule has 1 aromatic rings. The average molecular weight is 210 g/mol. The van der Waals surface area contributed by atoms with E-state index >= 15 is 0 Å². The smallest absolute Gasteiger partial charge is 0.224 e. The van der Waals surface area contributed by atoms with Crippen LogP contribution in [0.4, 0.5) is 5.69 Å². The summed E-state index contributed by atoms with van der Waals surface area (Å²) in [5.74, 6) is 0.0455. The Morgan fingerprint density at radius 2 is 2.20 bits per heavy atom. The van der Waals surface area contributed by atoms with Crippen molar-refractivity contribution < 1.29 is 4.79 Å². The summed E-state index contributed by atoms with van der Waals surface area (Å²) in [6, 6.07) is 0. The van der Waals surface area contributed by atoms with Gasteiger partial charge >= 0.3 is 0 Å². The van der Waals surface area contributed by atoms with Gasteiger partial charge in [-0.3, -0.25) is 9.89 Å². The largest absolute Gasteiger partial charge is 0.330 e. The van der Waals surface area contributed by atoms with Gasteiger partial charge in [0.25, 0.3) is 0 Å². The number of hydrogen-bond acceptors (Lipinski definition) is 3. The molecule has 4 N–H and O–H groups in total. The van der Waals surface area contributed by atoms with Gasteiger partial charge in [-0.25, -0.2) is 0 Å². The van der Waals surface area contributed by atoms with Crippen molar-refractivity contribution >= 4 is 11.6 Å². The van der Waals surface area contributed by atoms with Crippen LogP contribution in [0, 0.1) is 0 Å². The Kier molecular flexibility index (Phi) is 5.47. The maximum atomic E-state index is 11.4. The van der Waals surface area contributed by atoms with E-state index in [0.29, 0.717) is 6.42 Å². The Bertz CT molecular complexity index is 271. The number of nitrogens with zero attached hydrogens (tertiary/aromatic N) is 1. The third kappa shape index (κ3) is 5.17. The number of anilines is 1. The van der Waals surface area contributed by atoms with Crippen LogP contribution in [0.3, 0.4) is 0 Å². The number of unbranched alkanes of at least 4 members (excludes halogenated alkanes) is 3. The van der Waals surface area contributed by atoms with Crippen LogP contribution in [-0.2, 0) is 4.79 Å². The van der Waals surface area contributed by atoms with Crippen molar-refractivity contribution in [2.75, 3.05) is 11.9 Å². The zero-order valence-corrected chi connectivity index (χ0v) is 8.83. The molecular weight excluding hydrogens is 192 g/mol. The molecule has 0 fully saturated rings. The highest BCUT2D eigenvalue weighted by molar-refractivity contribution is 5.90. The fourth-order valence-electron chi connectivity index (χ4n) is 1.33. The number of H-pyrrole nitrogens is 1. The first kappa shape index (κ1) is 11.7. The van der Waals surface area contributed by atoms with Crippen LogP contribution in [0.15, 0.2) is 12.4 Å². The van der Waals surface area contributed by atoms with E-state index in [9.17, 15) is 4.79 Å². The van der Waals surface area contributed by atoms with Crippen LogP contribution >= 0.6 is 0 Å². The lowest BCUT2D eigenvalue weighted by atomic mass is 10.1. The van der Waals surface area contributed by atoms with E-state index in [1.165, 1.54) is 0 Å². The normalized spacial score (nSPS) is 10.2. The molecule has 0 bridgehead atoms. The number of nitrogens with one attached hydrogen (secondary N) is 2. The molecule has 0 aliphatic rings. The lowest BCUT2D eigenvalue weighted by molar-refractivity contribution is -0.116. The van der Waals surface area contributed by atoms with Crippen LogP contribution in [0.25, 0.3) is 0 Å². The van der Waals surface area contributed by atoms with Crippen molar-refractivity contribution in [2.45, 2.75) is 32.1 Å².